The average Bonchev–Trinajstić information content (AvgIpc) is 2.27. The monoisotopic (exact) mass is 212 g/mol. The van der Waals surface area contributed by atoms with E-state index in [-0.39, 0.29) is 0 Å². The summed E-state index contributed by atoms with van der Waals surface area (Å²) in [6.45, 7) is 11.0. The van der Waals surface area contributed by atoms with Crippen LogP contribution in [0, 0.1) is 5.92 Å². The summed E-state index contributed by atoms with van der Waals surface area (Å²) >= 11 is 0. The standard InChI is InChI=1S/C13H28N2/c1-4-8-14(3)11-12-15-9-6-13(5-2)7-10-15/h13H,4-12H2,1-3H3. The second-order valence-electron chi connectivity index (χ2n) is 5.00. The summed E-state index contributed by atoms with van der Waals surface area (Å²) in [6.07, 6.45) is 5.50. The molecular weight excluding hydrogens is 184 g/mol. The SMILES string of the molecule is CCCN(C)CCN1CCC(CC)CC1. The van der Waals surface area contributed by atoms with Crippen LogP contribution in [0.5, 0.6) is 0 Å². The van der Waals surface area contributed by atoms with E-state index in [1.807, 2.05) is 0 Å². The minimum Gasteiger partial charge on any atom is -0.305 e. The smallest absolute Gasteiger partial charge is 0.0109 e. The Morgan fingerprint density at radius 2 is 1.80 bits per heavy atom. The van der Waals surface area contributed by atoms with E-state index in [0.29, 0.717) is 0 Å². The highest BCUT2D eigenvalue weighted by Gasteiger charge is 2.17. The van der Waals surface area contributed by atoms with E-state index in [9.17, 15) is 0 Å². The molecule has 0 unspecified atom stereocenters. The molecule has 1 rings (SSSR count). The van der Waals surface area contributed by atoms with Crippen LogP contribution >= 0.6 is 0 Å². The fourth-order valence-corrected chi connectivity index (χ4v) is 2.42. The lowest BCUT2D eigenvalue weighted by molar-refractivity contribution is 0.163. The number of nitrogens with zero attached hydrogens (tertiary/aromatic N) is 2. The maximum Gasteiger partial charge on any atom is 0.0109 e. The van der Waals surface area contributed by atoms with Gasteiger partial charge in [0.25, 0.3) is 0 Å². The highest BCUT2D eigenvalue weighted by atomic mass is 15.2. The van der Waals surface area contributed by atoms with Crippen molar-refractivity contribution < 1.29 is 0 Å². The predicted molar refractivity (Wildman–Crippen MR) is 67.2 cm³/mol. The lowest BCUT2D eigenvalue weighted by Gasteiger charge is -2.32. The van der Waals surface area contributed by atoms with Crippen LogP contribution in [0.25, 0.3) is 0 Å². The van der Waals surface area contributed by atoms with Gasteiger partial charge in [-0.05, 0) is 51.9 Å². The van der Waals surface area contributed by atoms with Gasteiger partial charge in [0.2, 0.25) is 0 Å². The molecule has 1 fully saturated rings. The molecule has 1 saturated heterocycles. The van der Waals surface area contributed by atoms with Gasteiger partial charge in [-0.2, -0.15) is 0 Å². The van der Waals surface area contributed by atoms with E-state index in [0.717, 1.165) is 5.92 Å². The molecule has 2 nitrogen and oxygen atoms in total. The van der Waals surface area contributed by atoms with Crippen molar-refractivity contribution in [3.05, 3.63) is 0 Å². The first kappa shape index (κ1) is 13.0. The van der Waals surface area contributed by atoms with Crippen LogP contribution in [0.1, 0.15) is 39.5 Å². The van der Waals surface area contributed by atoms with Crippen LogP contribution in [0.2, 0.25) is 0 Å². The summed E-state index contributed by atoms with van der Waals surface area (Å²) in [4.78, 5) is 5.09. The van der Waals surface area contributed by atoms with Gasteiger partial charge in [-0.3, -0.25) is 0 Å². The summed E-state index contributed by atoms with van der Waals surface area (Å²) in [5.41, 5.74) is 0. The molecule has 0 amide bonds. The maximum absolute atomic E-state index is 2.64. The Labute approximate surface area is 95.6 Å². The fourth-order valence-electron chi connectivity index (χ4n) is 2.42. The van der Waals surface area contributed by atoms with Gasteiger partial charge >= 0.3 is 0 Å². The zero-order valence-corrected chi connectivity index (χ0v) is 10.8. The Bertz CT molecular complexity index is 151. The number of piperidine rings is 1. The van der Waals surface area contributed by atoms with E-state index < -0.39 is 0 Å². The van der Waals surface area contributed by atoms with Gasteiger partial charge in [0.1, 0.15) is 0 Å². The molecule has 1 aliphatic rings. The predicted octanol–water partition coefficient (Wildman–Crippen LogP) is 2.45. The number of likely N-dealkylation sites (tertiary alicyclic amines) is 1. The van der Waals surface area contributed by atoms with Gasteiger partial charge < -0.3 is 9.80 Å². The largest absolute Gasteiger partial charge is 0.305 e. The van der Waals surface area contributed by atoms with Crippen LogP contribution in [-0.2, 0) is 0 Å². The third-order valence-electron chi connectivity index (χ3n) is 3.69. The van der Waals surface area contributed by atoms with E-state index in [1.165, 1.54) is 58.4 Å². The number of rotatable bonds is 6. The van der Waals surface area contributed by atoms with Crippen LogP contribution in [-0.4, -0.2) is 49.6 Å². The summed E-state index contributed by atoms with van der Waals surface area (Å²) in [6, 6.07) is 0. The molecule has 15 heavy (non-hydrogen) atoms. The molecular formula is C13H28N2. The average molecular weight is 212 g/mol. The number of likely N-dealkylation sites (N-methyl/N-ethyl adjacent to an activating group) is 1. The zero-order chi connectivity index (χ0) is 11.1. The second-order valence-corrected chi connectivity index (χ2v) is 5.00. The molecule has 0 aromatic heterocycles. The Morgan fingerprint density at radius 1 is 1.13 bits per heavy atom. The van der Waals surface area contributed by atoms with Crippen molar-refractivity contribution in [3.8, 4) is 0 Å². The van der Waals surface area contributed by atoms with Crippen LogP contribution in [0.4, 0.5) is 0 Å². The van der Waals surface area contributed by atoms with E-state index in [2.05, 4.69) is 30.7 Å². The van der Waals surface area contributed by atoms with Crippen LogP contribution < -0.4 is 0 Å². The van der Waals surface area contributed by atoms with Crippen molar-refractivity contribution in [2.45, 2.75) is 39.5 Å². The van der Waals surface area contributed by atoms with Crippen molar-refractivity contribution >= 4 is 0 Å². The molecule has 0 aromatic rings. The molecule has 2 heteroatoms. The third kappa shape index (κ3) is 4.98. The molecule has 0 radical (unpaired) electrons. The third-order valence-corrected chi connectivity index (χ3v) is 3.69. The molecule has 0 bridgehead atoms. The van der Waals surface area contributed by atoms with Crippen molar-refractivity contribution in [1.29, 1.82) is 0 Å². The number of hydrogen-bond donors (Lipinski definition) is 0. The molecule has 0 aliphatic carbocycles. The molecule has 0 spiro atoms. The highest BCUT2D eigenvalue weighted by Crippen LogP contribution is 2.19. The van der Waals surface area contributed by atoms with E-state index >= 15 is 0 Å². The summed E-state index contributed by atoms with van der Waals surface area (Å²) in [5, 5.41) is 0. The molecule has 0 N–H and O–H groups in total. The minimum atomic E-state index is 1.01. The second kappa shape index (κ2) is 7.24. The molecule has 1 aliphatic heterocycles. The Balaban J connectivity index is 2.08. The van der Waals surface area contributed by atoms with E-state index in [1.54, 1.807) is 0 Å². The van der Waals surface area contributed by atoms with Crippen LogP contribution in [0.15, 0.2) is 0 Å². The first-order chi connectivity index (χ1) is 7.26. The Hall–Kier alpha value is -0.0800. The van der Waals surface area contributed by atoms with E-state index in [4.69, 9.17) is 0 Å². The van der Waals surface area contributed by atoms with Crippen molar-refractivity contribution in [1.82, 2.24) is 9.80 Å². The fraction of sp³-hybridized carbons (Fsp3) is 1.00. The normalized spacial score (nSPS) is 20.0. The number of hydrogen-bond acceptors (Lipinski definition) is 2. The zero-order valence-electron chi connectivity index (χ0n) is 10.8. The summed E-state index contributed by atoms with van der Waals surface area (Å²) < 4.78 is 0. The van der Waals surface area contributed by atoms with Crippen molar-refractivity contribution in [2.24, 2.45) is 5.92 Å². The quantitative estimate of drug-likeness (QED) is 0.667. The van der Waals surface area contributed by atoms with Gasteiger partial charge in [-0.15, -0.1) is 0 Å². The Morgan fingerprint density at radius 3 is 2.33 bits per heavy atom. The lowest BCUT2D eigenvalue weighted by Crippen LogP contribution is -2.38. The lowest BCUT2D eigenvalue weighted by atomic mass is 9.94. The molecule has 1 heterocycles. The Kier molecular flexibility index (Phi) is 6.26. The molecule has 0 aromatic carbocycles. The van der Waals surface area contributed by atoms with Gasteiger partial charge in [-0.1, -0.05) is 20.3 Å². The van der Waals surface area contributed by atoms with Gasteiger partial charge in [0.15, 0.2) is 0 Å². The molecule has 90 valence electrons. The highest BCUT2D eigenvalue weighted by molar-refractivity contribution is 4.71. The first-order valence-corrected chi connectivity index (χ1v) is 6.67. The van der Waals surface area contributed by atoms with Gasteiger partial charge in [0.05, 0.1) is 0 Å². The van der Waals surface area contributed by atoms with Crippen molar-refractivity contribution in [3.63, 3.8) is 0 Å². The summed E-state index contributed by atoms with van der Waals surface area (Å²) in [5.74, 6) is 1.01. The minimum absolute atomic E-state index is 1.01. The molecule has 0 atom stereocenters. The van der Waals surface area contributed by atoms with Gasteiger partial charge in [-0.25, -0.2) is 0 Å². The topological polar surface area (TPSA) is 6.48 Å². The first-order valence-electron chi connectivity index (χ1n) is 6.67. The maximum atomic E-state index is 2.64. The van der Waals surface area contributed by atoms with Gasteiger partial charge in [0, 0.05) is 13.1 Å². The molecule has 0 saturated carbocycles. The summed E-state index contributed by atoms with van der Waals surface area (Å²) in [7, 11) is 2.24. The van der Waals surface area contributed by atoms with Crippen molar-refractivity contribution in [2.75, 3.05) is 39.8 Å². The van der Waals surface area contributed by atoms with Crippen LogP contribution in [0.3, 0.4) is 0 Å².